The minimum Gasteiger partial charge on any atom is -0.326 e. The molecule has 0 aromatic heterocycles. The maximum Gasteiger partial charge on any atom is 0.123 e. The van der Waals surface area contributed by atoms with E-state index in [1.807, 2.05) is 24.3 Å². The molecule has 4 rings (SSSR count). The van der Waals surface area contributed by atoms with Crippen molar-refractivity contribution in [3.63, 3.8) is 0 Å². The van der Waals surface area contributed by atoms with E-state index < -0.39 is 0 Å². The summed E-state index contributed by atoms with van der Waals surface area (Å²) in [5, 5.41) is 3.82. The Labute approximate surface area is 178 Å². The first-order chi connectivity index (χ1) is 14.4. The number of fused-ring (bicyclic) bond motifs is 2. The lowest BCUT2D eigenvalue weighted by atomic mass is 9.92. The van der Waals surface area contributed by atoms with Gasteiger partial charge in [-0.15, -0.1) is 0 Å². The van der Waals surface area contributed by atoms with Crippen LogP contribution >= 0.6 is 0 Å². The highest BCUT2D eigenvalue weighted by molar-refractivity contribution is 5.32. The van der Waals surface area contributed by atoms with Crippen molar-refractivity contribution in [1.82, 2.24) is 10.2 Å². The number of hydrogen-bond donors (Lipinski definition) is 2. The fourth-order valence-electron chi connectivity index (χ4n) is 5.09. The van der Waals surface area contributed by atoms with Gasteiger partial charge in [-0.3, -0.25) is 4.90 Å². The monoisotopic (exact) mass is 413 g/mol. The molecule has 2 aliphatic heterocycles. The van der Waals surface area contributed by atoms with E-state index in [0.717, 1.165) is 30.5 Å². The average molecular weight is 414 g/mol. The van der Waals surface area contributed by atoms with Crippen LogP contribution in [0.25, 0.3) is 0 Å². The molecule has 2 heterocycles. The fraction of sp³-hybridized carbons (Fsp3) is 0.520. The molecule has 0 radical (unpaired) electrons. The van der Waals surface area contributed by atoms with Gasteiger partial charge in [0.05, 0.1) is 6.04 Å². The fourth-order valence-corrected chi connectivity index (χ4v) is 5.09. The van der Waals surface area contributed by atoms with Crippen molar-refractivity contribution in [2.75, 3.05) is 6.54 Å². The number of hydrogen-bond acceptors (Lipinski definition) is 3. The molecule has 0 aliphatic carbocycles. The number of piperidine rings is 1. The van der Waals surface area contributed by atoms with Crippen LogP contribution in [0.5, 0.6) is 0 Å². The van der Waals surface area contributed by atoms with Crippen molar-refractivity contribution >= 4 is 0 Å². The van der Waals surface area contributed by atoms with E-state index in [4.69, 9.17) is 5.73 Å². The highest BCUT2D eigenvalue weighted by Gasteiger charge is 2.41. The number of benzene rings is 2. The molecule has 0 saturated carbocycles. The van der Waals surface area contributed by atoms with Gasteiger partial charge in [-0.1, -0.05) is 38.1 Å². The molecule has 3 nitrogen and oxygen atoms in total. The van der Waals surface area contributed by atoms with Gasteiger partial charge in [0.25, 0.3) is 0 Å². The molecule has 2 aromatic rings. The minimum absolute atomic E-state index is 0.0833. The van der Waals surface area contributed by atoms with Crippen LogP contribution in [0.4, 0.5) is 8.78 Å². The Morgan fingerprint density at radius 1 is 0.900 bits per heavy atom. The number of nitrogens with zero attached hydrogens (tertiary/aromatic N) is 1. The molecular formula is C25H33F2N3. The smallest absolute Gasteiger partial charge is 0.123 e. The Kier molecular flexibility index (Phi) is 6.51. The first-order valence-electron chi connectivity index (χ1n) is 11.2. The molecule has 30 heavy (non-hydrogen) atoms. The largest absolute Gasteiger partial charge is 0.326 e. The number of halogens is 2. The van der Waals surface area contributed by atoms with Gasteiger partial charge in [0, 0.05) is 30.7 Å². The van der Waals surface area contributed by atoms with Crippen molar-refractivity contribution in [2.24, 2.45) is 11.7 Å². The summed E-state index contributed by atoms with van der Waals surface area (Å²) in [5.74, 6) is -0.00418. The predicted octanol–water partition coefficient (Wildman–Crippen LogP) is 4.62. The van der Waals surface area contributed by atoms with Gasteiger partial charge in [-0.2, -0.15) is 0 Å². The highest BCUT2D eigenvalue weighted by Crippen LogP contribution is 2.37. The number of nitrogens with one attached hydrogen (secondary N) is 1. The van der Waals surface area contributed by atoms with Gasteiger partial charge < -0.3 is 11.1 Å². The van der Waals surface area contributed by atoms with Crippen LogP contribution in [0.15, 0.2) is 48.5 Å². The molecule has 3 N–H and O–H groups in total. The van der Waals surface area contributed by atoms with E-state index in [-0.39, 0.29) is 23.7 Å². The molecule has 3 atom stereocenters. The molecular weight excluding hydrogens is 380 g/mol. The summed E-state index contributed by atoms with van der Waals surface area (Å²) < 4.78 is 27.0. The molecule has 2 unspecified atom stereocenters. The van der Waals surface area contributed by atoms with Crippen LogP contribution in [0.2, 0.25) is 0 Å². The third-order valence-electron chi connectivity index (χ3n) is 6.97. The van der Waals surface area contributed by atoms with Gasteiger partial charge in [-0.05, 0) is 67.0 Å². The summed E-state index contributed by atoms with van der Waals surface area (Å²) in [6, 6.07) is 14.9. The second-order valence-electron chi connectivity index (χ2n) is 9.36. The molecule has 2 bridgehead atoms. The maximum atomic E-state index is 13.5. The summed E-state index contributed by atoms with van der Waals surface area (Å²) in [6.45, 7) is 5.35. The molecule has 5 heteroatoms. The van der Waals surface area contributed by atoms with Crippen LogP contribution in [0.1, 0.15) is 56.7 Å². The van der Waals surface area contributed by atoms with Gasteiger partial charge in [0.1, 0.15) is 11.6 Å². The highest BCUT2D eigenvalue weighted by atomic mass is 19.1. The van der Waals surface area contributed by atoms with Crippen LogP contribution in [0, 0.1) is 17.6 Å². The maximum absolute atomic E-state index is 13.5. The van der Waals surface area contributed by atoms with E-state index in [1.165, 1.54) is 37.1 Å². The van der Waals surface area contributed by atoms with E-state index >= 15 is 0 Å². The van der Waals surface area contributed by atoms with Crippen LogP contribution in [-0.2, 0) is 0 Å². The SMILES string of the molecule is CC(C)[C@@H](N)CN1C2CCC1CC(NC(c1ccc(F)cc1)c1ccc(F)cc1)C2. The third kappa shape index (κ3) is 4.74. The standard InChI is InChI=1S/C25H33F2N3/c1-16(2)24(28)15-30-22-11-12-23(30)14-21(13-22)29-25(17-3-7-19(26)8-4-17)18-5-9-20(27)10-6-18/h3-10,16,21-25,29H,11-15,28H2,1-2H3/t21?,22?,23?,24-/m0/s1. The molecule has 0 amide bonds. The second-order valence-corrected chi connectivity index (χ2v) is 9.36. The van der Waals surface area contributed by atoms with E-state index in [1.54, 1.807) is 0 Å². The Morgan fingerprint density at radius 2 is 1.37 bits per heavy atom. The first kappa shape index (κ1) is 21.4. The third-order valence-corrected chi connectivity index (χ3v) is 6.97. The molecule has 0 spiro atoms. The zero-order valence-corrected chi connectivity index (χ0v) is 17.9. The summed E-state index contributed by atoms with van der Waals surface area (Å²) >= 11 is 0. The van der Waals surface area contributed by atoms with Crippen LogP contribution in [-0.4, -0.2) is 35.6 Å². The summed E-state index contributed by atoms with van der Waals surface area (Å²) in [6.07, 6.45) is 4.62. The van der Waals surface area contributed by atoms with Crippen LogP contribution in [0.3, 0.4) is 0 Å². The van der Waals surface area contributed by atoms with Gasteiger partial charge in [-0.25, -0.2) is 8.78 Å². The van der Waals surface area contributed by atoms with Gasteiger partial charge >= 0.3 is 0 Å². The van der Waals surface area contributed by atoms with E-state index in [2.05, 4.69) is 24.1 Å². The Bertz CT molecular complexity index is 762. The quantitative estimate of drug-likeness (QED) is 0.696. The minimum atomic E-state index is -0.246. The molecule has 162 valence electrons. The van der Waals surface area contributed by atoms with E-state index in [0.29, 0.717) is 24.0 Å². The molecule has 2 aromatic carbocycles. The van der Waals surface area contributed by atoms with Gasteiger partial charge in [0.15, 0.2) is 0 Å². The number of nitrogens with two attached hydrogens (primary N) is 1. The summed E-state index contributed by atoms with van der Waals surface area (Å²) in [7, 11) is 0. The lowest BCUT2D eigenvalue weighted by Crippen LogP contribution is -2.53. The normalized spacial score (nSPS) is 25.2. The van der Waals surface area contributed by atoms with Crippen molar-refractivity contribution in [1.29, 1.82) is 0 Å². The Balaban J connectivity index is 1.50. The molecule has 2 fully saturated rings. The Morgan fingerprint density at radius 3 is 1.80 bits per heavy atom. The zero-order valence-electron chi connectivity index (χ0n) is 17.9. The summed E-state index contributed by atoms with van der Waals surface area (Å²) in [4.78, 5) is 2.63. The predicted molar refractivity (Wildman–Crippen MR) is 117 cm³/mol. The zero-order chi connectivity index (χ0) is 21.3. The van der Waals surface area contributed by atoms with Crippen molar-refractivity contribution in [3.05, 3.63) is 71.3 Å². The second kappa shape index (κ2) is 9.13. The topological polar surface area (TPSA) is 41.3 Å². The average Bonchev–Trinajstić information content (AvgIpc) is 2.95. The Hall–Kier alpha value is -1.82. The van der Waals surface area contributed by atoms with Crippen molar-refractivity contribution in [2.45, 2.75) is 69.7 Å². The van der Waals surface area contributed by atoms with Crippen molar-refractivity contribution < 1.29 is 8.78 Å². The first-order valence-corrected chi connectivity index (χ1v) is 11.2. The lowest BCUT2D eigenvalue weighted by molar-refractivity contribution is 0.101. The summed E-state index contributed by atoms with van der Waals surface area (Å²) in [5.41, 5.74) is 8.37. The van der Waals surface area contributed by atoms with Crippen LogP contribution < -0.4 is 11.1 Å². The lowest BCUT2D eigenvalue weighted by Gasteiger charge is -2.42. The molecule has 2 saturated heterocycles. The van der Waals surface area contributed by atoms with E-state index in [9.17, 15) is 8.78 Å². The van der Waals surface area contributed by atoms with Gasteiger partial charge in [0.2, 0.25) is 0 Å². The van der Waals surface area contributed by atoms with Crippen molar-refractivity contribution in [3.8, 4) is 0 Å². The number of rotatable bonds is 7. The molecule has 2 aliphatic rings.